The summed E-state index contributed by atoms with van der Waals surface area (Å²) in [7, 11) is 0. The number of hydrogen-bond donors (Lipinski definition) is 0. The lowest BCUT2D eigenvalue weighted by atomic mass is 10.0. The molecule has 27 heavy (non-hydrogen) atoms. The summed E-state index contributed by atoms with van der Waals surface area (Å²) in [5.41, 5.74) is 3.13. The van der Waals surface area contributed by atoms with Gasteiger partial charge in [0.15, 0.2) is 0 Å². The molecule has 0 N–H and O–H groups in total. The average molecular weight is 351 g/mol. The summed E-state index contributed by atoms with van der Waals surface area (Å²) >= 11 is 0. The summed E-state index contributed by atoms with van der Waals surface area (Å²) in [6.45, 7) is 0. The van der Waals surface area contributed by atoms with E-state index in [-0.39, 0.29) is 11.8 Å². The first-order chi connectivity index (χ1) is 13.2. The number of benzene rings is 3. The number of nitrogens with zero attached hydrogens (tertiary/aromatic N) is 1. The van der Waals surface area contributed by atoms with E-state index in [1.54, 1.807) is 24.3 Å². The Labute approximate surface area is 157 Å². The third-order valence-corrected chi connectivity index (χ3v) is 4.39. The van der Waals surface area contributed by atoms with Gasteiger partial charge in [-0.25, -0.2) is 4.90 Å². The first-order valence-corrected chi connectivity index (χ1v) is 8.72. The molecule has 1 heterocycles. The van der Waals surface area contributed by atoms with Crippen molar-refractivity contribution in [2.24, 2.45) is 0 Å². The zero-order valence-electron chi connectivity index (χ0n) is 14.6. The molecule has 3 nitrogen and oxygen atoms in total. The van der Waals surface area contributed by atoms with E-state index in [1.165, 1.54) is 4.90 Å². The van der Waals surface area contributed by atoms with Gasteiger partial charge in [0.1, 0.15) is 0 Å². The molecule has 1 aliphatic heterocycles. The molecule has 3 aromatic carbocycles. The van der Waals surface area contributed by atoms with Crippen molar-refractivity contribution in [2.75, 3.05) is 4.90 Å². The Hall–Kier alpha value is -3.72. The Morgan fingerprint density at radius 2 is 0.889 bits per heavy atom. The number of carbonyl (C=O) groups is 2. The molecule has 4 rings (SSSR count). The van der Waals surface area contributed by atoms with Gasteiger partial charge in [0.25, 0.3) is 11.8 Å². The van der Waals surface area contributed by atoms with Gasteiger partial charge in [-0.1, -0.05) is 78.9 Å². The summed E-state index contributed by atoms with van der Waals surface area (Å²) in [5, 5.41) is 0. The predicted octanol–water partition coefficient (Wildman–Crippen LogP) is 4.73. The Balaban J connectivity index is 1.85. The van der Waals surface area contributed by atoms with Gasteiger partial charge in [-0.05, 0) is 35.4 Å². The molecule has 1 aliphatic rings. The summed E-state index contributed by atoms with van der Waals surface area (Å²) in [6.07, 6.45) is 3.55. The van der Waals surface area contributed by atoms with Crippen LogP contribution in [-0.4, -0.2) is 11.8 Å². The minimum Gasteiger partial charge on any atom is -0.268 e. The number of amides is 2. The van der Waals surface area contributed by atoms with Gasteiger partial charge in [0.05, 0.1) is 16.8 Å². The Kier molecular flexibility index (Phi) is 4.50. The van der Waals surface area contributed by atoms with E-state index in [2.05, 4.69) is 0 Å². The van der Waals surface area contributed by atoms with Crippen LogP contribution < -0.4 is 4.90 Å². The molecular formula is C24H17NO2. The van der Waals surface area contributed by atoms with E-state index in [0.29, 0.717) is 16.8 Å². The molecule has 0 unspecified atom stereocenters. The van der Waals surface area contributed by atoms with Crippen LogP contribution in [0.1, 0.15) is 11.1 Å². The smallest absolute Gasteiger partial charge is 0.266 e. The summed E-state index contributed by atoms with van der Waals surface area (Å²) in [4.78, 5) is 27.5. The Morgan fingerprint density at radius 3 is 1.30 bits per heavy atom. The van der Waals surface area contributed by atoms with Crippen molar-refractivity contribution < 1.29 is 9.59 Å². The normalized spacial score (nSPS) is 17.1. The van der Waals surface area contributed by atoms with Crippen molar-refractivity contribution in [3.8, 4) is 0 Å². The van der Waals surface area contributed by atoms with Crippen molar-refractivity contribution in [3.05, 3.63) is 113 Å². The average Bonchev–Trinajstić information content (AvgIpc) is 2.94. The molecule has 1 fully saturated rings. The molecule has 3 heteroatoms. The van der Waals surface area contributed by atoms with Crippen LogP contribution in [0.4, 0.5) is 5.69 Å². The Bertz CT molecular complexity index is 968. The van der Waals surface area contributed by atoms with Gasteiger partial charge in [-0.2, -0.15) is 0 Å². The fourth-order valence-electron chi connectivity index (χ4n) is 3.09. The maximum absolute atomic E-state index is 13.1. The van der Waals surface area contributed by atoms with Crippen molar-refractivity contribution in [1.29, 1.82) is 0 Å². The first kappa shape index (κ1) is 16.7. The molecule has 0 aromatic heterocycles. The van der Waals surface area contributed by atoms with Crippen LogP contribution in [0.25, 0.3) is 12.2 Å². The molecule has 0 spiro atoms. The Morgan fingerprint density at radius 1 is 0.519 bits per heavy atom. The minimum absolute atomic E-state index is 0.308. The van der Waals surface area contributed by atoms with Gasteiger partial charge < -0.3 is 0 Å². The molecule has 0 bridgehead atoms. The van der Waals surface area contributed by atoms with Gasteiger partial charge in [-0.15, -0.1) is 0 Å². The van der Waals surface area contributed by atoms with Crippen molar-refractivity contribution in [1.82, 2.24) is 0 Å². The molecule has 0 saturated carbocycles. The third kappa shape index (κ3) is 3.35. The number of rotatable bonds is 3. The van der Waals surface area contributed by atoms with E-state index in [4.69, 9.17) is 0 Å². The lowest BCUT2D eigenvalue weighted by Crippen LogP contribution is -2.29. The number of anilines is 1. The zero-order chi connectivity index (χ0) is 18.6. The van der Waals surface area contributed by atoms with Crippen LogP contribution in [0.2, 0.25) is 0 Å². The highest BCUT2D eigenvalue weighted by molar-refractivity contribution is 6.39. The van der Waals surface area contributed by atoms with E-state index in [0.717, 1.165) is 11.1 Å². The summed E-state index contributed by atoms with van der Waals surface area (Å²) in [6, 6.07) is 28.1. The van der Waals surface area contributed by atoms with Crippen LogP contribution in [0.15, 0.2) is 102 Å². The molecule has 2 amide bonds. The predicted molar refractivity (Wildman–Crippen MR) is 108 cm³/mol. The SMILES string of the molecule is O=C1C(=Cc2ccccc2)C(=Cc2ccccc2)C(=O)N1c1ccccc1. The van der Waals surface area contributed by atoms with Crippen LogP contribution in [0.5, 0.6) is 0 Å². The van der Waals surface area contributed by atoms with E-state index < -0.39 is 0 Å². The number of carbonyl (C=O) groups excluding carboxylic acids is 2. The van der Waals surface area contributed by atoms with Crippen molar-refractivity contribution >= 4 is 29.7 Å². The lowest BCUT2D eigenvalue weighted by molar-refractivity contribution is -0.119. The van der Waals surface area contributed by atoms with Crippen LogP contribution in [-0.2, 0) is 9.59 Å². The maximum atomic E-state index is 13.1. The fourth-order valence-corrected chi connectivity index (χ4v) is 3.09. The molecular weight excluding hydrogens is 334 g/mol. The maximum Gasteiger partial charge on any atom is 0.266 e. The quantitative estimate of drug-likeness (QED) is 0.505. The molecule has 130 valence electrons. The highest BCUT2D eigenvalue weighted by Gasteiger charge is 2.39. The van der Waals surface area contributed by atoms with Crippen molar-refractivity contribution in [2.45, 2.75) is 0 Å². The van der Waals surface area contributed by atoms with Gasteiger partial charge in [-0.3, -0.25) is 9.59 Å². The molecule has 3 aromatic rings. The molecule has 1 saturated heterocycles. The monoisotopic (exact) mass is 351 g/mol. The van der Waals surface area contributed by atoms with Gasteiger partial charge in [0.2, 0.25) is 0 Å². The highest BCUT2D eigenvalue weighted by atomic mass is 16.2. The topological polar surface area (TPSA) is 37.4 Å². The minimum atomic E-state index is -0.308. The second-order valence-electron chi connectivity index (χ2n) is 6.22. The molecule has 0 radical (unpaired) electrons. The standard InChI is InChI=1S/C24H17NO2/c26-23-21(16-18-10-4-1-5-11-18)22(17-19-12-6-2-7-13-19)24(27)25(23)20-14-8-3-9-15-20/h1-17H. The van der Waals surface area contributed by atoms with Gasteiger partial charge >= 0.3 is 0 Å². The van der Waals surface area contributed by atoms with Crippen LogP contribution in [0.3, 0.4) is 0 Å². The summed E-state index contributed by atoms with van der Waals surface area (Å²) in [5.74, 6) is -0.616. The van der Waals surface area contributed by atoms with Crippen LogP contribution in [0, 0.1) is 0 Å². The second-order valence-corrected chi connectivity index (χ2v) is 6.22. The van der Waals surface area contributed by atoms with Crippen LogP contribution >= 0.6 is 0 Å². The number of imide groups is 1. The second kappa shape index (κ2) is 7.26. The molecule has 0 atom stereocenters. The first-order valence-electron chi connectivity index (χ1n) is 8.72. The highest BCUT2D eigenvalue weighted by Crippen LogP contribution is 2.32. The largest absolute Gasteiger partial charge is 0.268 e. The third-order valence-electron chi connectivity index (χ3n) is 4.39. The number of para-hydroxylation sites is 1. The molecule has 0 aliphatic carbocycles. The van der Waals surface area contributed by atoms with E-state index >= 15 is 0 Å². The lowest BCUT2D eigenvalue weighted by Gasteiger charge is -2.12. The van der Waals surface area contributed by atoms with E-state index in [1.807, 2.05) is 78.9 Å². The number of hydrogen-bond acceptors (Lipinski definition) is 2. The zero-order valence-corrected chi connectivity index (χ0v) is 14.6. The fraction of sp³-hybridized carbons (Fsp3) is 0. The summed E-state index contributed by atoms with van der Waals surface area (Å²) < 4.78 is 0. The van der Waals surface area contributed by atoms with E-state index in [9.17, 15) is 9.59 Å². The van der Waals surface area contributed by atoms with Gasteiger partial charge in [0, 0.05) is 0 Å². The van der Waals surface area contributed by atoms with Crippen molar-refractivity contribution in [3.63, 3.8) is 0 Å².